The summed E-state index contributed by atoms with van der Waals surface area (Å²) in [4.78, 5) is 45.8. The molecule has 2 saturated heterocycles. The number of rotatable bonds is 7. The highest BCUT2D eigenvalue weighted by atomic mass is 79.9. The van der Waals surface area contributed by atoms with E-state index in [1.165, 1.54) is 25.9 Å². The van der Waals surface area contributed by atoms with E-state index in [-0.39, 0.29) is 35.1 Å². The molecule has 0 unspecified atom stereocenters. The van der Waals surface area contributed by atoms with Crippen molar-refractivity contribution >= 4 is 99.4 Å². The van der Waals surface area contributed by atoms with Gasteiger partial charge in [-0.3, -0.25) is 23.9 Å². The molecule has 12 rings (SSSR count). The first kappa shape index (κ1) is 43.9. The van der Waals surface area contributed by atoms with Crippen LogP contribution in [-0.4, -0.2) is 107 Å². The Morgan fingerprint density at radius 1 is 0.746 bits per heavy atom. The van der Waals surface area contributed by atoms with Crippen molar-refractivity contribution in [1.82, 2.24) is 49.0 Å². The molecule has 4 N–H and O–H groups in total. The Morgan fingerprint density at radius 3 is 1.90 bits per heavy atom. The van der Waals surface area contributed by atoms with Crippen molar-refractivity contribution in [2.24, 2.45) is 5.92 Å². The number of ether oxygens (including phenoxy) is 5. The van der Waals surface area contributed by atoms with Crippen LogP contribution in [0.2, 0.25) is 5.15 Å². The van der Waals surface area contributed by atoms with Crippen LogP contribution in [0, 0.1) is 5.92 Å². The van der Waals surface area contributed by atoms with Crippen molar-refractivity contribution in [3.63, 3.8) is 0 Å². The Bertz CT molecular complexity index is 3220. The molecule has 0 amide bonds. The van der Waals surface area contributed by atoms with Gasteiger partial charge in [0.25, 0.3) is 0 Å². The lowest BCUT2D eigenvalue weighted by molar-refractivity contribution is -0.182. The number of nitrogens with zero attached hydrogens (tertiary/aromatic N) is 10. The fraction of sp³-hybridized carbons (Fsp3) is 0.356. The topological polar surface area (TPSA) is 243 Å². The number of fused-ring (bicyclic) bond motifs is 4. The van der Waals surface area contributed by atoms with E-state index < -0.39 is 42.0 Å². The van der Waals surface area contributed by atoms with E-state index in [0.717, 1.165) is 36.5 Å². The first-order valence-corrected chi connectivity index (χ1v) is 23.3. The molecule has 19 nitrogen and oxygen atoms in total. The Kier molecular flexibility index (Phi) is 11.0. The van der Waals surface area contributed by atoms with E-state index in [9.17, 15) is 15.0 Å². The standard InChI is InChI=1S/C24H21BrClN5O4.C21H19BrN6O4/c1-12-20(33-13(2)32)23(31-11-30-19-21(26)28-10-29-22(19)31)35-24(12)7-17(8-24)34-16-4-3-14-5-15(25)9-27-18(14)6-16;22-11-3-10-1-2-12(4-14(10)24-7-11)31-13-5-21(6-13)17(30)16(29)20(32-21)28-9-27-15-18(23)25-8-26-19(15)28/h3-6,9-12,17,20,23H,7-8H2,1-2H3;1-4,7-9,13,16-17,20,29-30H,5-6H2,(H2,23,25,26)/t12-,17?,20+,23+,24?;13?,16-,17+,20-,21?/m01/s1. The second-order valence-electron chi connectivity index (χ2n) is 17.3. The zero-order valence-electron chi connectivity index (χ0n) is 35.6. The quantitative estimate of drug-likeness (QED) is 0.110. The molecule has 4 fully saturated rings. The molecular weight excluding hydrogens is 1020 g/mol. The Balaban J connectivity index is 0.000000148. The predicted octanol–water partition coefficient (Wildman–Crippen LogP) is 6.82. The number of benzene rings is 2. The zero-order valence-corrected chi connectivity index (χ0v) is 39.5. The van der Waals surface area contributed by atoms with E-state index in [4.69, 9.17) is 41.0 Å². The molecule has 8 aromatic rings. The molecule has 4 aliphatic rings. The number of pyridine rings is 2. The summed E-state index contributed by atoms with van der Waals surface area (Å²) >= 11 is 13.1. The number of nitrogens with two attached hydrogens (primary N) is 1. The number of carbonyl (C=O) groups is 1. The molecule has 67 heavy (non-hydrogen) atoms. The van der Waals surface area contributed by atoms with Crippen LogP contribution in [0.3, 0.4) is 0 Å². The number of esters is 1. The number of carbonyl (C=O) groups excluding carboxylic acids is 1. The van der Waals surface area contributed by atoms with Gasteiger partial charge in [0.05, 0.1) is 29.3 Å². The van der Waals surface area contributed by atoms with Gasteiger partial charge in [-0.05, 0) is 68.3 Å². The molecule has 0 bridgehead atoms. The maximum atomic E-state index is 11.9. The molecule has 6 atom stereocenters. The van der Waals surface area contributed by atoms with Crippen LogP contribution in [-0.2, 0) is 19.0 Å². The molecule has 2 saturated carbocycles. The maximum Gasteiger partial charge on any atom is 0.303 e. The van der Waals surface area contributed by atoms with Gasteiger partial charge in [0.1, 0.15) is 65.2 Å². The van der Waals surface area contributed by atoms with Crippen molar-refractivity contribution in [1.29, 1.82) is 0 Å². The van der Waals surface area contributed by atoms with Crippen LogP contribution in [0.25, 0.3) is 44.1 Å². The van der Waals surface area contributed by atoms with Crippen LogP contribution < -0.4 is 15.2 Å². The lowest BCUT2D eigenvalue weighted by atomic mass is 9.69. The van der Waals surface area contributed by atoms with Gasteiger partial charge < -0.3 is 39.6 Å². The smallest absolute Gasteiger partial charge is 0.303 e. The van der Waals surface area contributed by atoms with Gasteiger partial charge in [-0.15, -0.1) is 0 Å². The van der Waals surface area contributed by atoms with Crippen LogP contribution in [0.1, 0.15) is 52.0 Å². The number of hydrogen-bond acceptors (Lipinski definition) is 17. The van der Waals surface area contributed by atoms with Crippen LogP contribution in [0.5, 0.6) is 11.5 Å². The summed E-state index contributed by atoms with van der Waals surface area (Å²) in [6.45, 7) is 3.45. The fourth-order valence-electron chi connectivity index (χ4n) is 9.74. The highest BCUT2D eigenvalue weighted by molar-refractivity contribution is 9.10. The SMILES string of the molecule is CC(=O)O[C@H]1[C@H](n2cnc3c(Cl)ncnc32)OC2(CC(Oc3ccc4cc(Br)cnc4c3)C2)[C@H]1C.Nc1ncnc2c1ncn2[C@@H]1OC2(CC(Oc3ccc4cc(Br)cnc4c3)C2)[C@@H](O)[C@H]1O. The Labute approximate surface area is 402 Å². The summed E-state index contributed by atoms with van der Waals surface area (Å²) in [6.07, 6.45) is 7.18. The van der Waals surface area contributed by atoms with Gasteiger partial charge in [0.15, 0.2) is 40.8 Å². The number of halogens is 3. The molecule has 0 radical (unpaired) electrons. The van der Waals surface area contributed by atoms with Crippen molar-refractivity contribution in [2.75, 3.05) is 5.73 Å². The zero-order chi connectivity index (χ0) is 46.4. The van der Waals surface area contributed by atoms with Crippen LogP contribution >= 0.6 is 43.5 Å². The first-order valence-electron chi connectivity index (χ1n) is 21.4. The lowest BCUT2D eigenvalue weighted by Gasteiger charge is -2.46. The van der Waals surface area contributed by atoms with Gasteiger partial charge in [-0.1, -0.05) is 18.5 Å². The highest BCUT2D eigenvalue weighted by Gasteiger charge is 2.63. The van der Waals surface area contributed by atoms with Crippen LogP contribution in [0.15, 0.2) is 95.2 Å². The van der Waals surface area contributed by atoms with Crippen LogP contribution in [0.4, 0.5) is 5.82 Å². The third-order valence-electron chi connectivity index (χ3n) is 13.2. The molecule has 6 aromatic heterocycles. The number of nitrogen functional groups attached to an aromatic ring is 1. The van der Waals surface area contributed by atoms with E-state index in [1.54, 1.807) is 27.9 Å². The molecule has 2 spiro atoms. The van der Waals surface area contributed by atoms with Crippen molar-refractivity contribution in [3.05, 3.63) is 100 Å². The molecule has 2 aliphatic heterocycles. The summed E-state index contributed by atoms with van der Waals surface area (Å²) in [5.41, 5.74) is 8.02. The summed E-state index contributed by atoms with van der Waals surface area (Å²) in [5.74, 6) is 1.27. The van der Waals surface area contributed by atoms with E-state index in [0.29, 0.717) is 53.8 Å². The minimum atomic E-state index is -1.15. The van der Waals surface area contributed by atoms with E-state index >= 15 is 0 Å². The summed E-state index contributed by atoms with van der Waals surface area (Å²) < 4.78 is 36.1. The number of aliphatic hydroxyl groups excluding tert-OH is 2. The summed E-state index contributed by atoms with van der Waals surface area (Å²) in [6, 6.07) is 15.6. The third-order valence-corrected chi connectivity index (χ3v) is 14.3. The molecule has 2 aliphatic carbocycles. The van der Waals surface area contributed by atoms with E-state index in [2.05, 4.69) is 71.7 Å². The fourth-order valence-corrected chi connectivity index (χ4v) is 10.6. The Hall–Kier alpha value is -5.68. The average molecular weight is 1060 g/mol. The second-order valence-corrected chi connectivity index (χ2v) is 19.5. The number of aromatic nitrogens is 10. The maximum absolute atomic E-state index is 11.9. The van der Waals surface area contributed by atoms with Gasteiger partial charge in [-0.2, -0.15) is 0 Å². The number of hydrogen-bond donors (Lipinski definition) is 3. The van der Waals surface area contributed by atoms with Gasteiger partial charge in [0, 0.05) is 82.8 Å². The molecular formula is C45H40Br2ClN11O8. The summed E-state index contributed by atoms with van der Waals surface area (Å²) in [5, 5.41) is 23.8. The molecule has 2 aromatic carbocycles. The first-order chi connectivity index (χ1) is 32.3. The third kappa shape index (κ3) is 7.79. The van der Waals surface area contributed by atoms with Crippen molar-refractivity contribution in [2.45, 2.75) is 93.7 Å². The van der Waals surface area contributed by atoms with Crippen molar-refractivity contribution in [3.8, 4) is 11.5 Å². The monoisotopic (exact) mass is 1060 g/mol. The Morgan fingerprint density at radius 2 is 1.28 bits per heavy atom. The number of anilines is 1. The van der Waals surface area contributed by atoms with Gasteiger partial charge in [0.2, 0.25) is 0 Å². The summed E-state index contributed by atoms with van der Waals surface area (Å²) in [7, 11) is 0. The number of aliphatic hydroxyl groups is 2. The average Bonchev–Trinajstić information content (AvgIpc) is 4.04. The minimum absolute atomic E-state index is 0.0293. The molecule has 8 heterocycles. The molecule has 22 heteroatoms. The second kappa shape index (κ2) is 16.8. The van der Waals surface area contributed by atoms with Gasteiger partial charge >= 0.3 is 5.97 Å². The van der Waals surface area contributed by atoms with Gasteiger partial charge in [-0.25, -0.2) is 29.9 Å². The predicted molar refractivity (Wildman–Crippen MR) is 249 cm³/mol. The largest absolute Gasteiger partial charge is 0.490 e. The van der Waals surface area contributed by atoms with E-state index in [1.807, 2.05) is 55.5 Å². The molecule has 344 valence electrons. The minimum Gasteiger partial charge on any atom is -0.490 e. The van der Waals surface area contributed by atoms with Crippen molar-refractivity contribution < 1.29 is 38.7 Å². The number of imidazole rings is 2. The highest BCUT2D eigenvalue weighted by Crippen LogP contribution is 2.55. The lowest BCUT2D eigenvalue weighted by Crippen LogP contribution is -2.57. The normalized spacial score (nSPS) is 28.7.